The highest BCUT2D eigenvalue weighted by atomic mass is 19.1. The molecule has 0 spiro atoms. The number of halogens is 1. The van der Waals surface area contributed by atoms with Gasteiger partial charge in [-0.05, 0) is 43.2 Å². The lowest BCUT2D eigenvalue weighted by Gasteiger charge is -2.06. The molecule has 0 saturated carbocycles. The van der Waals surface area contributed by atoms with Gasteiger partial charge in [0, 0.05) is 17.5 Å². The lowest BCUT2D eigenvalue weighted by atomic mass is 10.0. The molecular formula is C13H12FN. The molecule has 0 fully saturated rings. The SMILES string of the molecule is Cc1cc(-c2cccnc2C)ccc1F. The molecule has 1 aromatic heterocycles. The number of pyridine rings is 1. The van der Waals surface area contributed by atoms with Crippen molar-refractivity contribution in [1.82, 2.24) is 4.98 Å². The molecule has 1 nitrogen and oxygen atoms in total. The van der Waals surface area contributed by atoms with Gasteiger partial charge in [0.2, 0.25) is 0 Å². The fourth-order valence-corrected chi connectivity index (χ4v) is 1.60. The van der Waals surface area contributed by atoms with E-state index < -0.39 is 0 Å². The van der Waals surface area contributed by atoms with Crippen LogP contribution in [0.2, 0.25) is 0 Å². The highest BCUT2D eigenvalue weighted by Crippen LogP contribution is 2.23. The van der Waals surface area contributed by atoms with E-state index in [1.807, 2.05) is 25.1 Å². The number of rotatable bonds is 1. The van der Waals surface area contributed by atoms with Gasteiger partial charge in [-0.2, -0.15) is 0 Å². The van der Waals surface area contributed by atoms with Crippen molar-refractivity contribution in [2.24, 2.45) is 0 Å². The second-order valence-corrected chi connectivity index (χ2v) is 3.60. The Morgan fingerprint density at radius 1 is 1.13 bits per heavy atom. The molecule has 0 radical (unpaired) electrons. The molecule has 0 aliphatic rings. The molecule has 15 heavy (non-hydrogen) atoms. The summed E-state index contributed by atoms with van der Waals surface area (Å²) >= 11 is 0. The molecule has 1 aromatic carbocycles. The maximum absolute atomic E-state index is 13.1. The van der Waals surface area contributed by atoms with Gasteiger partial charge in [0.05, 0.1) is 0 Å². The number of aryl methyl sites for hydroxylation is 2. The molecular weight excluding hydrogens is 189 g/mol. The van der Waals surface area contributed by atoms with Gasteiger partial charge in [0.15, 0.2) is 0 Å². The van der Waals surface area contributed by atoms with Crippen molar-refractivity contribution in [3.05, 3.63) is 53.6 Å². The molecule has 76 valence electrons. The summed E-state index contributed by atoms with van der Waals surface area (Å²) in [5, 5.41) is 0. The van der Waals surface area contributed by atoms with E-state index in [1.165, 1.54) is 6.07 Å². The summed E-state index contributed by atoms with van der Waals surface area (Å²) < 4.78 is 13.1. The van der Waals surface area contributed by atoms with Gasteiger partial charge in [-0.15, -0.1) is 0 Å². The molecule has 0 aliphatic heterocycles. The third kappa shape index (κ3) is 1.89. The van der Waals surface area contributed by atoms with E-state index in [0.29, 0.717) is 5.56 Å². The van der Waals surface area contributed by atoms with Crippen LogP contribution in [0.15, 0.2) is 36.5 Å². The van der Waals surface area contributed by atoms with Gasteiger partial charge in [-0.25, -0.2) is 4.39 Å². The van der Waals surface area contributed by atoms with Crippen LogP contribution in [0.25, 0.3) is 11.1 Å². The minimum atomic E-state index is -0.166. The van der Waals surface area contributed by atoms with Crippen molar-refractivity contribution in [3.63, 3.8) is 0 Å². The van der Waals surface area contributed by atoms with Crippen LogP contribution in [0.1, 0.15) is 11.3 Å². The fourth-order valence-electron chi connectivity index (χ4n) is 1.60. The van der Waals surface area contributed by atoms with Crippen LogP contribution in [0, 0.1) is 19.7 Å². The number of nitrogens with zero attached hydrogens (tertiary/aromatic N) is 1. The van der Waals surface area contributed by atoms with Crippen LogP contribution in [0.3, 0.4) is 0 Å². The molecule has 0 aliphatic carbocycles. The molecule has 2 heteroatoms. The first kappa shape index (κ1) is 9.84. The van der Waals surface area contributed by atoms with E-state index in [4.69, 9.17) is 0 Å². The Balaban J connectivity index is 2.55. The Kier molecular flexibility index (Phi) is 2.50. The minimum Gasteiger partial charge on any atom is -0.261 e. The Labute approximate surface area is 88.6 Å². The Morgan fingerprint density at radius 2 is 1.93 bits per heavy atom. The van der Waals surface area contributed by atoms with Crippen LogP contribution in [-0.2, 0) is 0 Å². The largest absolute Gasteiger partial charge is 0.261 e. The molecule has 0 amide bonds. The van der Waals surface area contributed by atoms with E-state index in [2.05, 4.69) is 4.98 Å². The number of hydrogen-bond donors (Lipinski definition) is 0. The third-order valence-corrected chi connectivity index (χ3v) is 2.48. The standard InChI is InChI=1S/C13H12FN/c1-9-8-11(5-6-13(9)14)12-4-3-7-15-10(12)2/h3-8H,1-2H3. The summed E-state index contributed by atoms with van der Waals surface area (Å²) in [6.07, 6.45) is 1.76. The van der Waals surface area contributed by atoms with Crippen molar-refractivity contribution in [2.45, 2.75) is 13.8 Å². The topological polar surface area (TPSA) is 12.9 Å². The van der Waals surface area contributed by atoms with Crippen LogP contribution in [0.5, 0.6) is 0 Å². The van der Waals surface area contributed by atoms with E-state index in [9.17, 15) is 4.39 Å². The predicted octanol–water partition coefficient (Wildman–Crippen LogP) is 3.50. The van der Waals surface area contributed by atoms with Crippen LogP contribution in [-0.4, -0.2) is 4.98 Å². The van der Waals surface area contributed by atoms with Gasteiger partial charge < -0.3 is 0 Å². The number of hydrogen-bond acceptors (Lipinski definition) is 1. The first-order chi connectivity index (χ1) is 7.18. The maximum Gasteiger partial charge on any atom is 0.126 e. The average molecular weight is 201 g/mol. The summed E-state index contributed by atoms with van der Waals surface area (Å²) in [6.45, 7) is 3.72. The van der Waals surface area contributed by atoms with Gasteiger partial charge in [0.1, 0.15) is 5.82 Å². The zero-order valence-corrected chi connectivity index (χ0v) is 8.79. The van der Waals surface area contributed by atoms with E-state index in [-0.39, 0.29) is 5.82 Å². The molecule has 0 unspecified atom stereocenters. The molecule has 0 N–H and O–H groups in total. The van der Waals surface area contributed by atoms with Gasteiger partial charge >= 0.3 is 0 Å². The summed E-state index contributed by atoms with van der Waals surface area (Å²) in [6, 6.07) is 9.01. The average Bonchev–Trinajstić information content (AvgIpc) is 2.23. The van der Waals surface area contributed by atoms with Crippen LogP contribution in [0.4, 0.5) is 4.39 Å². The number of benzene rings is 1. The second kappa shape index (κ2) is 3.81. The Hall–Kier alpha value is -1.70. The molecule has 2 aromatic rings. The Bertz CT molecular complexity index is 492. The van der Waals surface area contributed by atoms with Crippen LogP contribution < -0.4 is 0 Å². The predicted molar refractivity (Wildman–Crippen MR) is 59.1 cm³/mol. The minimum absolute atomic E-state index is 0.166. The van der Waals surface area contributed by atoms with Crippen molar-refractivity contribution in [3.8, 4) is 11.1 Å². The van der Waals surface area contributed by atoms with Crippen molar-refractivity contribution < 1.29 is 4.39 Å². The monoisotopic (exact) mass is 201 g/mol. The van der Waals surface area contributed by atoms with Crippen LogP contribution >= 0.6 is 0 Å². The van der Waals surface area contributed by atoms with Gasteiger partial charge in [-0.1, -0.05) is 12.1 Å². The maximum atomic E-state index is 13.1. The summed E-state index contributed by atoms with van der Waals surface area (Å²) in [4.78, 5) is 4.21. The first-order valence-corrected chi connectivity index (χ1v) is 4.86. The van der Waals surface area contributed by atoms with Crippen molar-refractivity contribution in [1.29, 1.82) is 0 Å². The summed E-state index contributed by atoms with van der Waals surface area (Å²) in [7, 11) is 0. The smallest absolute Gasteiger partial charge is 0.126 e. The van der Waals surface area contributed by atoms with E-state index >= 15 is 0 Å². The molecule has 0 bridgehead atoms. The van der Waals surface area contributed by atoms with E-state index in [1.54, 1.807) is 19.2 Å². The van der Waals surface area contributed by atoms with Gasteiger partial charge in [-0.3, -0.25) is 4.98 Å². The second-order valence-electron chi connectivity index (χ2n) is 3.60. The van der Waals surface area contributed by atoms with Crippen molar-refractivity contribution in [2.75, 3.05) is 0 Å². The molecule has 1 heterocycles. The zero-order chi connectivity index (χ0) is 10.8. The molecule has 2 rings (SSSR count). The third-order valence-electron chi connectivity index (χ3n) is 2.48. The molecule has 0 atom stereocenters. The first-order valence-electron chi connectivity index (χ1n) is 4.86. The summed E-state index contributed by atoms with van der Waals surface area (Å²) in [5.74, 6) is -0.166. The lowest BCUT2D eigenvalue weighted by Crippen LogP contribution is -1.88. The van der Waals surface area contributed by atoms with Gasteiger partial charge in [0.25, 0.3) is 0 Å². The van der Waals surface area contributed by atoms with E-state index in [0.717, 1.165) is 16.8 Å². The lowest BCUT2D eigenvalue weighted by molar-refractivity contribution is 0.619. The fraction of sp³-hybridized carbons (Fsp3) is 0.154. The zero-order valence-electron chi connectivity index (χ0n) is 8.79. The molecule has 0 saturated heterocycles. The quantitative estimate of drug-likeness (QED) is 0.688. The Morgan fingerprint density at radius 3 is 2.60 bits per heavy atom. The number of aromatic nitrogens is 1. The normalized spacial score (nSPS) is 10.3. The highest BCUT2D eigenvalue weighted by Gasteiger charge is 2.04. The summed E-state index contributed by atoms with van der Waals surface area (Å²) in [5.41, 5.74) is 3.69. The highest BCUT2D eigenvalue weighted by molar-refractivity contribution is 5.66. The van der Waals surface area contributed by atoms with Crippen molar-refractivity contribution >= 4 is 0 Å².